The fraction of sp³-hybridized carbons (Fsp3) is 0.235. The summed E-state index contributed by atoms with van der Waals surface area (Å²) in [5, 5.41) is 1.66. The second-order valence-corrected chi connectivity index (χ2v) is 6.69. The summed E-state index contributed by atoms with van der Waals surface area (Å²) in [4.78, 5) is 12.9. The van der Waals surface area contributed by atoms with Crippen LogP contribution in [0.4, 0.5) is 18.9 Å². The molecule has 1 amide bonds. The van der Waals surface area contributed by atoms with Gasteiger partial charge in [-0.05, 0) is 37.3 Å². The zero-order valence-corrected chi connectivity index (χ0v) is 14.0. The minimum atomic E-state index is -1.62. The minimum Gasteiger partial charge on any atom is -0.486 e. The monoisotopic (exact) mass is 369 g/mol. The molecule has 1 atom stereocenters. The molecule has 1 aliphatic rings. The predicted molar refractivity (Wildman–Crippen MR) is 87.7 cm³/mol. The Balaban J connectivity index is 1.68. The van der Waals surface area contributed by atoms with Crippen molar-refractivity contribution in [3.05, 3.63) is 47.8 Å². The lowest BCUT2D eigenvalue weighted by Gasteiger charge is -2.19. The van der Waals surface area contributed by atoms with Crippen LogP contribution in [-0.4, -0.2) is 24.4 Å². The average Bonchev–Trinajstić information content (AvgIpc) is 2.62. The molecule has 0 radical (unpaired) electrons. The summed E-state index contributed by atoms with van der Waals surface area (Å²) in [7, 11) is 0. The summed E-state index contributed by atoms with van der Waals surface area (Å²) >= 11 is 1.22. The van der Waals surface area contributed by atoms with Gasteiger partial charge in [-0.1, -0.05) is 0 Å². The molecule has 8 heteroatoms. The van der Waals surface area contributed by atoms with Crippen LogP contribution in [-0.2, 0) is 4.79 Å². The van der Waals surface area contributed by atoms with E-state index in [4.69, 9.17) is 9.47 Å². The van der Waals surface area contributed by atoms with E-state index in [2.05, 4.69) is 5.32 Å². The van der Waals surface area contributed by atoms with Crippen LogP contribution < -0.4 is 14.8 Å². The smallest absolute Gasteiger partial charge is 0.237 e. The van der Waals surface area contributed by atoms with Gasteiger partial charge in [-0.15, -0.1) is 11.8 Å². The highest BCUT2D eigenvalue weighted by Crippen LogP contribution is 2.35. The van der Waals surface area contributed by atoms with Crippen LogP contribution in [0.5, 0.6) is 11.5 Å². The number of ether oxygens (including phenoxy) is 2. The van der Waals surface area contributed by atoms with E-state index in [1.54, 1.807) is 25.1 Å². The van der Waals surface area contributed by atoms with E-state index in [9.17, 15) is 18.0 Å². The second-order valence-electron chi connectivity index (χ2n) is 5.28. The molecule has 1 unspecified atom stereocenters. The molecule has 0 aromatic heterocycles. The van der Waals surface area contributed by atoms with Crippen molar-refractivity contribution in [2.24, 2.45) is 0 Å². The number of carbonyl (C=O) groups is 1. The number of amides is 1. The number of thioether (sulfide) groups is 1. The molecular formula is C17H14F3NO3S. The molecule has 0 saturated heterocycles. The van der Waals surface area contributed by atoms with E-state index in [-0.39, 0.29) is 0 Å². The second kappa shape index (κ2) is 7.26. The van der Waals surface area contributed by atoms with E-state index < -0.39 is 34.3 Å². The van der Waals surface area contributed by atoms with Crippen molar-refractivity contribution in [3.8, 4) is 11.5 Å². The predicted octanol–water partition coefficient (Wildman–Crippen LogP) is 3.99. The van der Waals surface area contributed by atoms with Gasteiger partial charge in [0, 0.05) is 4.90 Å². The molecule has 1 aliphatic heterocycles. The molecule has 0 spiro atoms. The number of hydrogen-bond acceptors (Lipinski definition) is 4. The number of carbonyl (C=O) groups excluding carboxylic acids is 1. The zero-order valence-electron chi connectivity index (χ0n) is 13.1. The standard InChI is InChI=1S/C17H14F3NO3S/c1-9(17(22)21-12-4-3-11(18)15(19)16(12)20)25-10-2-5-13-14(8-10)24-7-6-23-13/h2-5,8-9H,6-7H2,1H3,(H,21,22). The number of halogens is 3. The topological polar surface area (TPSA) is 47.6 Å². The van der Waals surface area contributed by atoms with Crippen LogP contribution in [0.15, 0.2) is 35.2 Å². The summed E-state index contributed by atoms with van der Waals surface area (Å²) < 4.78 is 50.7. The molecule has 0 aliphatic carbocycles. The van der Waals surface area contributed by atoms with Gasteiger partial charge in [0.1, 0.15) is 13.2 Å². The molecule has 1 heterocycles. The minimum absolute atomic E-state index is 0.404. The Bertz CT molecular complexity index is 816. The van der Waals surface area contributed by atoms with Crippen LogP contribution in [0, 0.1) is 17.5 Å². The number of nitrogens with one attached hydrogen (secondary N) is 1. The summed E-state index contributed by atoms with van der Waals surface area (Å²) in [6.07, 6.45) is 0. The molecule has 1 N–H and O–H groups in total. The van der Waals surface area contributed by atoms with Gasteiger partial charge >= 0.3 is 0 Å². The SMILES string of the molecule is CC(Sc1ccc2c(c1)OCCO2)C(=O)Nc1ccc(F)c(F)c1F. The third-order valence-corrected chi connectivity index (χ3v) is 4.58. The maximum atomic E-state index is 13.6. The first kappa shape index (κ1) is 17.5. The highest BCUT2D eigenvalue weighted by atomic mass is 32.2. The summed E-state index contributed by atoms with van der Waals surface area (Å²) in [5.74, 6) is -3.67. The third kappa shape index (κ3) is 3.84. The Morgan fingerprint density at radius 2 is 1.80 bits per heavy atom. The lowest BCUT2D eigenvalue weighted by atomic mass is 10.2. The van der Waals surface area contributed by atoms with Gasteiger partial charge in [0.05, 0.1) is 10.9 Å². The zero-order chi connectivity index (χ0) is 18.0. The molecule has 0 fully saturated rings. The first-order chi connectivity index (χ1) is 12.0. The molecule has 3 rings (SSSR count). The Morgan fingerprint density at radius 1 is 1.08 bits per heavy atom. The molecule has 0 bridgehead atoms. The Kier molecular flexibility index (Phi) is 5.08. The van der Waals surface area contributed by atoms with E-state index in [1.807, 2.05) is 0 Å². The maximum Gasteiger partial charge on any atom is 0.237 e. The van der Waals surface area contributed by atoms with Crippen molar-refractivity contribution >= 4 is 23.4 Å². The highest BCUT2D eigenvalue weighted by Gasteiger charge is 2.20. The fourth-order valence-electron chi connectivity index (χ4n) is 2.21. The van der Waals surface area contributed by atoms with Gasteiger partial charge in [0.25, 0.3) is 0 Å². The quantitative estimate of drug-likeness (QED) is 0.654. The molecule has 4 nitrogen and oxygen atoms in total. The normalized spacial score (nSPS) is 14.1. The maximum absolute atomic E-state index is 13.6. The van der Waals surface area contributed by atoms with E-state index in [1.165, 1.54) is 11.8 Å². The molecule has 2 aromatic carbocycles. The van der Waals surface area contributed by atoms with Crippen molar-refractivity contribution in [1.82, 2.24) is 0 Å². The largest absolute Gasteiger partial charge is 0.486 e. The van der Waals surface area contributed by atoms with Gasteiger partial charge in [0.15, 0.2) is 29.0 Å². The molecule has 25 heavy (non-hydrogen) atoms. The lowest BCUT2D eigenvalue weighted by Crippen LogP contribution is -2.23. The van der Waals surface area contributed by atoms with E-state index in [0.29, 0.717) is 24.7 Å². The van der Waals surface area contributed by atoms with Crippen LogP contribution in [0.25, 0.3) is 0 Å². The molecule has 2 aromatic rings. The summed E-state index contributed by atoms with van der Waals surface area (Å²) in [6, 6.07) is 7.01. The Hall–Kier alpha value is -2.35. The number of anilines is 1. The van der Waals surface area contributed by atoms with Gasteiger partial charge in [-0.2, -0.15) is 0 Å². The van der Waals surface area contributed by atoms with Gasteiger partial charge < -0.3 is 14.8 Å². The molecular weight excluding hydrogens is 355 g/mol. The number of fused-ring (bicyclic) bond motifs is 1. The fourth-order valence-corrected chi connectivity index (χ4v) is 3.11. The number of benzene rings is 2. The van der Waals surface area contributed by atoms with Crippen molar-refractivity contribution in [2.75, 3.05) is 18.5 Å². The Morgan fingerprint density at radius 3 is 2.56 bits per heavy atom. The lowest BCUT2D eigenvalue weighted by molar-refractivity contribution is -0.115. The number of rotatable bonds is 4. The van der Waals surface area contributed by atoms with Crippen molar-refractivity contribution in [1.29, 1.82) is 0 Å². The van der Waals surface area contributed by atoms with Crippen LogP contribution in [0.1, 0.15) is 6.92 Å². The molecule has 132 valence electrons. The third-order valence-electron chi connectivity index (χ3n) is 3.49. The first-order valence-corrected chi connectivity index (χ1v) is 8.34. The van der Waals surface area contributed by atoms with Crippen molar-refractivity contribution in [2.45, 2.75) is 17.1 Å². The first-order valence-electron chi connectivity index (χ1n) is 7.46. The van der Waals surface area contributed by atoms with E-state index in [0.717, 1.165) is 17.0 Å². The number of hydrogen-bond donors (Lipinski definition) is 1. The van der Waals surface area contributed by atoms with Crippen LogP contribution >= 0.6 is 11.8 Å². The summed E-state index contributed by atoms with van der Waals surface area (Å²) in [5.41, 5.74) is -0.404. The van der Waals surface area contributed by atoms with Gasteiger partial charge in [-0.3, -0.25) is 4.79 Å². The van der Waals surface area contributed by atoms with Crippen LogP contribution in [0.2, 0.25) is 0 Å². The van der Waals surface area contributed by atoms with E-state index >= 15 is 0 Å². The highest BCUT2D eigenvalue weighted by molar-refractivity contribution is 8.00. The van der Waals surface area contributed by atoms with Crippen LogP contribution in [0.3, 0.4) is 0 Å². The van der Waals surface area contributed by atoms with Gasteiger partial charge in [-0.25, -0.2) is 13.2 Å². The van der Waals surface area contributed by atoms with Crippen molar-refractivity contribution in [3.63, 3.8) is 0 Å². The Labute approximate surface area is 146 Å². The average molecular weight is 369 g/mol. The van der Waals surface area contributed by atoms with Gasteiger partial charge in [0.2, 0.25) is 5.91 Å². The van der Waals surface area contributed by atoms with Crippen molar-refractivity contribution < 1.29 is 27.4 Å². The summed E-state index contributed by atoms with van der Waals surface area (Å²) in [6.45, 7) is 2.55. The molecule has 0 saturated carbocycles.